The quantitative estimate of drug-likeness (QED) is 0.180. The van der Waals surface area contributed by atoms with E-state index < -0.39 is 6.36 Å². The van der Waals surface area contributed by atoms with Crippen LogP contribution in [0.1, 0.15) is 76.0 Å². The van der Waals surface area contributed by atoms with Crippen LogP contribution in [-0.4, -0.2) is 50.7 Å². The third-order valence-electron chi connectivity index (χ3n) is 8.41. The van der Waals surface area contributed by atoms with Gasteiger partial charge < -0.3 is 15.0 Å². The minimum atomic E-state index is -4.75. The topological polar surface area (TPSA) is 84.6 Å². The number of aryl methyl sites for hydroxylation is 1. The molecule has 1 aliphatic heterocycles. The Morgan fingerprint density at radius 2 is 1.81 bits per heavy atom. The van der Waals surface area contributed by atoms with E-state index in [2.05, 4.69) is 82.8 Å². The van der Waals surface area contributed by atoms with Crippen LogP contribution in [0.5, 0.6) is 5.75 Å². The van der Waals surface area contributed by atoms with Crippen molar-refractivity contribution in [1.29, 1.82) is 0 Å². The van der Waals surface area contributed by atoms with Gasteiger partial charge in [0.05, 0.1) is 5.69 Å². The molecule has 2 heterocycles. The maximum Gasteiger partial charge on any atom is 0.573 e. The molecule has 3 aromatic carbocycles. The number of alkyl halides is 3. The first-order valence-electron chi connectivity index (χ1n) is 16.2. The molecule has 48 heavy (non-hydrogen) atoms. The summed E-state index contributed by atoms with van der Waals surface area (Å²) < 4.78 is 42.8. The Morgan fingerprint density at radius 3 is 2.48 bits per heavy atom. The van der Waals surface area contributed by atoms with Gasteiger partial charge in [0.1, 0.15) is 12.1 Å². The van der Waals surface area contributed by atoms with Crippen LogP contribution in [-0.2, 0) is 6.42 Å². The number of nitrogens with zero attached hydrogens (tertiary/aromatic N) is 5. The summed E-state index contributed by atoms with van der Waals surface area (Å²) in [6.07, 6.45) is -0.537. The maximum atomic E-state index is 13.0. The molecule has 1 aliphatic rings. The highest BCUT2D eigenvalue weighted by atomic mass is 32.2. The minimum absolute atomic E-state index is 0.181. The molecule has 4 aromatic rings. The Balaban J connectivity index is 1.18. The number of carbonyl (C=O) groups excluding carboxylic acids is 1. The summed E-state index contributed by atoms with van der Waals surface area (Å²) >= 11 is 1.63. The lowest BCUT2D eigenvalue weighted by molar-refractivity contribution is -0.274. The normalized spacial score (nSPS) is 16.7. The van der Waals surface area contributed by atoms with Crippen LogP contribution in [0.2, 0.25) is 0 Å². The van der Waals surface area contributed by atoms with Crippen LogP contribution < -0.4 is 15.0 Å². The van der Waals surface area contributed by atoms with Crippen LogP contribution in [0.15, 0.2) is 78.0 Å². The van der Waals surface area contributed by atoms with Crippen molar-refractivity contribution in [2.75, 3.05) is 17.2 Å². The third-order valence-corrected chi connectivity index (χ3v) is 9.40. The third kappa shape index (κ3) is 8.77. The summed E-state index contributed by atoms with van der Waals surface area (Å²) in [5.41, 5.74) is 6.13. The number of benzene rings is 3. The number of carbonyl (C=O) groups is 1. The van der Waals surface area contributed by atoms with Gasteiger partial charge >= 0.3 is 12.4 Å². The summed E-state index contributed by atoms with van der Waals surface area (Å²) in [4.78, 5) is 24.2. The van der Waals surface area contributed by atoms with Gasteiger partial charge in [0.25, 0.3) is 0 Å². The molecule has 2 atom stereocenters. The van der Waals surface area contributed by atoms with Gasteiger partial charge in [0, 0.05) is 29.6 Å². The number of nitrogens with one attached hydrogen (secondary N) is 1. The highest BCUT2D eigenvalue weighted by Crippen LogP contribution is 2.36. The van der Waals surface area contributed by atoms with E-state index in [9.17, 15) is 18.0 Å². The van der Waals surface area contributed by atoms with E-state index in [-0.39, 0.29) is 23.7 Å². The fourth-order valence-electron chi connectivity index (χ4n) is 5.61. The van der Waals surface area contributed by atoms with Crippen LogP contribution in [0, 0.1) is 0 Å². The number of anilines is 1. The second-order valence-electron chi connectivity index (χ2n) is 12.3. The number of amidine groups is 1. The lowest BCUT2D eigenvalue weighted by atomic mass is 9.96. The molecule has 1 fully saturated rings. The number of hydrogen-bond donors (Lipinski definition) is 1. The molecule has 1 saturated heterocycles. The molecule has 0 spiro atoms. The molecule has 0 bridgehead atoms. The first kappa shape index (κ1) is 35.0. The summed E-state index contributed by atoms with van der Waals surface area (Å²) in [6, 6.07) is 19.9. The standard InChI is InChI=1S/C36H41F3N6O2S/c1-6-26-7-16-31(23(2)3)32(21-26)45-25(5)18-20-48-35(45)42-34(46)40-19-17-24(4)27-8-10-28(11-9-27)33-41-22-44(43-33)29-12-14-30(15-13-29)47-36(37,38)39/h7-16,21-25H,6,17-20H2,1-5H3,(H,40,46). The first-order chi connectivity index (χ1) is 22.9. The molecule has 0 saturated carbocycles. The largest absolute Gasteiger partial charge is 0.573 e. The zero-order valence-electron chi connectivity index (χ0n) is 27.8. The molecular formula is C36H41F3N6O2S. The van der Waals surface area contributed by atoms with E-state index in [4.69, 9.17) is 0 Å². The van der Waals surface area contributed by atoms with Crippen molar-refractivity contribution in [2.45, 2.75) is 78.1 Å². The SMILES string of the molecule is CCc1ccc(C(C)C)c(N2C(=NC(=O)NCCC(C)c3ccc(-c4ncn(-c5ccc(OC(F)(F)F)cc5)n4)cc3)SCCC2C)c1. The number of ether oxygens (including phenoxy) is 1. The molecule has 0 radical (unpaired) electrons. The van der Waals surface area contributed by atoms with Crippen LogP contribution in [0.3, 0.4) is 0 Å². The van der Waals surface area contributed by atoms with E-state index >= 15 is 0 Å². The Bertz CT molecular complexity index is 1720. The van der Waals surface area contributed by atoms with Gasteiger partial charge in [0.15, 0.2) is 11.0 Å². The molecule has 2 unspecified atom stereocenters. The van der Waals surface area contributed by atoms with E-state index in [0.29, 0.717) is 24.0 Å². The van der Waals surface area contributed by atoms with Crippen molar-refractivity contribution in [3.05, 3.63) is 89.7 Å². The average molecular weight is 679 g/mol. The van der Waals surface area contributed by atoms with Gasteiger partial charge in [-0.25, -0.2) is 14.5 Å². The minimum Gasteiger partial charge on any atom is -0.406 e. The number of aliphatic imine (C=N–C) groups is 1. The molecule has 12 heteroatoms. The Kier molecular flexibility index (Phi) is 11.1. The van der Waals surface area contributed by atoms with E-state index in [0.717, 1.165) is 47.0 Å². The number of hydrogen-bond acceptors (Lipinski definition) is 5. The summed E-state index contributed by atoms with van der Waals surface area (Å²) in [5.74, 6) is 1.64. The fraction of sp³-hybridized carbons (Fsp3) is 0.389. The van der Waals surface area contributed by atoms with Gasteiger partial charge in [-0.15, -0.1) is 18.3 Å². The van der Waals surface area contributed by atoms with E-state index in [1.54, 1.807) is 11.8 Å². The smallest absolute Gasteiger partial charge is 0.406 e. The molecule has 254 valence electrons. The predicted octanol–water partition coefficient (Wildman–Crippen LogP) is 9.11. The lowest BCUT2D eigenvalue weighted by Crippen LogP contribution is -2.42. The fourth-order valence-corrected chi connectivity index (χ4v) is 6.82. The van der Waals surface area contributed by atoms with Crippen molar-refractivity contribution < 1.29 is 22.7 Å². The van der Waals surface area contributed by atoms with Gasteiger partial charge in [-0.05, 0) is 85.0 Å². The molecular weight excluding hydrogens is 637 g/mol. The van der Waals surface area contributed by atoms with Gasteiger partial charge in [-0.2, -0.15) is 4.99 Å². The molecule has 2 amide bonds. The van der Waals surface area contributed by atoms with Crippen LogP contribution >= 0.6 is 11.8 Å². The van der Waals surface area contributed by atoms with Crippen molar-refractivity contribution in [3.8, 4) is 22.8 Å². The Hall–Kier alpha value is -4.32. The lowest BCUT2D eigenvalue weighted by Gasteiger charge is -2.37. The van der Waals surface area contributed by atoms with Crippen molar-refractivity contribution in [3.63, 3.8) is 0 Å². The number of amides is 2. The van der Waals surface area contributed by atoms with Crippen molar-refractivity contribution in [1.82, 2.24) is 20.1 Å². The predicted molar refractivity (Wildman–Crippen MR) is 186 cm³/mol. The van der Waals surface area contributed by atoms with Crippen molar-refractivity contribution in [2.24, 2.45) is 4.99 Å². The molecule has 1 aromatic heterocycles. The van der Waals surface area contributed by atoms with Crippen molar-refractivity contribution >= 4 is 28.6 Å². The Labute approximate surface area is 283 Å². The Morgan fingerprint density at radius 1 is 1.08 bits per heavy atom. The summed E-state index contributed by atoms with van der Waals surface area (Å²) in [5, 5.41) is 8.21. The number of thioether (sulfide) groups is 1. The summed E-state index contributed by atoms with van der Waals surface area (Å²) in [6.45, 7) is 11.3. The molecule has 0 aliphatic carbocycles. The zero-order chi connectivity index (χ0) is 34.4. The number of rotatable bonds is 10. The van der Waals surface area contributed by atoms with Gasteiger partial charge in [-0.3, -0.25) is 0 Å². The van der Waals surface area contributed by atoms with Gasteiger partial charge in [-0.1, -0.05) is 75.9 Å². The highest BCUT2D eigenvalue weighted by Gasteiger charge is 2.31. The van der Waals surface area contributed by atoms with Crippen LogP contribution in [0.25, 0.3) is 17.1 Å². The average Bonchev–Trinajstić information content (AvgIpc) is 3.55. The van der Waals surface area contributed by atoms with Gasteiger partial charge in [0.2, 0.25) is 0 Å². The van der Waals surface area contributed by atoms with E-state index in [1.807, 2.05) is 24.3 Å². The second kappa shape index (κ2) is 15.3. The number of aromatic nitrogens is 3. The second-order valence-corrected chi connectivity index (χ2v) is 13.3. The van der Waals surface area contributed by atoms with Crippen LogP contribution in [0.4, 0.5) is 23.7 Å². The first-order valence-corrected chi connectivity index (χ1v) is 17.2. The van der Waals surface area contributed by atoms with E-state index in [1.165, 1.54) is 46.4 Å². The molecule has 5 rings (SSSR count). The monoisotopic (exact) mass is 678 g/mol. The molecule has 8 nitrogen and oxygen atoms in total. The number of urea groups is 1. The molecule has 1 N–H and O–H groups in total. The highest BCUT2D eigenvalue weighted by molar-refractivity contribution is 8.14. The number of halogens is 3. The maximum absolute atomic E-state index is 13.0. The zero-order valence-corrected chi connectivity index (χ0v) is 28.6. The summed E-state index contributed by atoms with van der Waals surface area (Å²) in [7, 11) is 0.